The van der Waals surface area contributed by atoms with Gasteiger partial charge in [0.15, 0.2) is 0 Å². The summed E-state index contributed by atoms with van der Waals surface area (Å²) in [4.78, 5) is 0. The number of aryl methyl sites for hydroxylation is 1. The largest absolute Gasteiger partial charge is 0.491 e. The molecule has 0 aromatic heterocycles. The molecule has 104 valence electrons. The van der Waals surface area contributed by atoms with Gasteiger partial charge in [0.05, 0.1) is 19.3 Å². The van der Waals surface area contributed by atoms with Crippen LogP contribution in [0.5, 0.6) is 5.75 Å². The van der Waals surface area contributed by atoms with Gasteiger partial charge in [0.1, 0.15) is 12.4 Å². The number of ether oxygens (including phenoxy) is 2. The van der Waals surface area contributed by atoms with Crippen LogP contribution in [0.2, 0.25) is 0 Å². The molecule has 0 aliphatic carbocycles. The van der Waals surface area contributed by atoms with Crippen molar-refractivity contribution in [1.29, 1.82) is 0 Å². The Labute approximate surface area is 115 Å². The van der Waals surface area contributed by atoms with Crippen molar-refractivity contribution in [2.75, 3.05) is 19.8 Å². The summed E-state index contributed by atoms with van der Waals surface area (Å²) in [6, 6.07) is 5.82. The highest BCUT2D eigenvalue weighted by atomic mass is 16.5. The Kier molecular flexibility index (Phi) is 7.02. The summed E-state index contributed by atoms with van der Waals surface area (Å²) in [7, 11) is 0. The van der Waals surface area contributed by atoms with E-state index >= 15 is 0 Å². The van der Waals surface area contributed by atoms with Crippen LogP contribution in [0, 0.1) is 18.8 Å². The van der Waals surface area contributed by atoms with E-state index in [0.717, 1.165) is 16.9 Å². The summed E-state index contributed by atoms with van der Waals surface area (Å²) in [5.41, 5.74) is 2.05. The standard InChI is InChI=1S/C16H22O3/c1-13(2)18-10-11-19-16-8-7-15(14(3)12-16)6-4-5-9-17/h7-8,12-13,17H,5,9-11H2,1-3H3. The van der Waals surface area contributed by atoms with Crippen LogP contribution in [0.4, 0.5) is 0 Å². The molecule has 0 atom stereocenters. The fraction of sp³-hybridized carbons (Fsp3) is 0.500. The van der Waals surface area contributed by atoms with Crippen molar-refractivity contribution in [3.8, 4) is 17.6 Å². The molecule has 1 aromatic carbocycles. The molecule has 0 saturated heterocycles. The summed E-state index contributed by atoms with van der Waals surface area (Å²) in [6.07, 6.45) is 0.735. The Hall–Kier alpha value is -1.50. The average Bonchev–Trinajstić information content (AvgIpc) is 2.37. The van der Waals surface area contributed by atoms with Gasteiger partial charge in [0.25, 0.3) is 0 Å². The lowest BCUT2D eigenvalue weighted by atomic mass is 10.1. The molecule has 0 aliphatic rings. The zero-order valence-corrected chi connectivity index (χ0v) is 11.9. The van der Waals surface area contributed by atoms with Gasteiger partial charge in [0, 0.05) is 12.0 Å². The third-order valence-corrected chi connectivity index (χ3v) is 2.46. The minimum atomic E-state index is 0.100. The van der Waals surface area contributed by atoms with Crippen LogP contribution in [0.15, 0.2) is 18.2 Å². The van der Waals surface area contributed by atoms with Gasteiger partial charge in [-0.25, -0.2) is 0 Å². The van der Waals surface area contributed by atoms with Crippen molar-refractivity contribution in [1.82, 2.24) is 0 Å². The molecule has 0 heterocycles. The number of hydrogen-bond acceptors (Lipinski definition) is 3. The lowest BCUT2D eigenvalue weighted by molar-refractivity contribution is 0.0552. The Balaban J connectivity index is 2.50. The molecule has 0 radical (unpaired) electrons. The molecule has 0 fully saturated rings. The topological polar surface area (TPSA) is 38.7 Å². The number of aliphatic hydroxyl groups excluding tert-OH is 1. The molecular formula is C16H22O3. The number of aliphatic hydroxyl groups is 1. The van der Waals surface area contributed by atoms with Crippen molar-refractivity contribution >= 4 is 0 Å². The second-order valence-electron chi connectivity index (χ2n) is 4.52. The number of rotatable bonds is 6. The van der Waals surface area contributed by atoms with Crippen LogP contribution < -0.4 is 4.74 Å². The maximum atomic E-state index is 8.68. The number of hydrogen-bond donors (Lipinski definition) is 1. The zero-order chi connectivity index (χ0) is 14.1. The first-order valence-electron chi connectivity index (χ1n) is 6.58. The Morgan fingerprint density at radius 3 is 2.68 bits per heavy atom. The molecule has 1 N–H and O–H groups in total. The molecule has 0 spiro atoms. The van der Waals surface area contributed by atoms with Crippen LogP contribution in [0.3, 0.4) is 0 Å². The Morgan fingerprint density at radius 2 is 2.05 bits per heavy atom. The van der Waals surface area contributed by atoms with Crippen LogP contribution in [-0.4, -0.2) is 31.0 Å². The fourth-order valence-electron chi connectivity index (χ4n) is 1.52. The molecule has 1 rings (SSSR count). The van der Waals surface area contributed by atoms with Crippen molar-refractivity contribution in [2.45, 2.75) is 33.3 Å². The van der Waals surface area contributed by atoms with E-state index in [1.165, 1.54) is 0 Å². The minimum absolute atomic E-state index is 0.100. The van der Waals surface area contributed by atoms with Gasteiger partial charge in [-0.1, -0.05) is 11.8 Å². The quantitative estimate of drug-likeness (QED) is 0.632. The third-order valence-electron chi connectivity index (χ3n) is 2.46. The SMILES string of the molecule is Cc1cc(OCCOC(C)C)ccc1C#CCCO. The van der Waals surface area contributed by atoms with E-state index in [9.17, 15) is 0 Å². The van der Waals surface area contributed by atoms with Crippen LogP contribution >= 0.6 is 0 Å². The Morgan fingerprint density at radius 1 is 1.26 bits per heavy atom. The van der Waals surface area contributed by atoms with Gasteiger partial charge in [0.2, 0.25) is 0 Å². The molecule has 3 heteroatoms. The van der Waals surface area contributed by atoms with Crippen LogP contribution in [0.25, 0.3) is 0 Å². The normalized spacial score (nSPS) is 10.2. The van der Waals surface area contributed by atoms with Crippen LogP contribution in [0.1, 0.15) is 31.4 Å². The maximum Gasteiger partial charge on any atom is 0.119 e. The summed E-state index contributed by atoms with van der Waals surface area (Å²) in [5.74, 6) is 6.78. The highest BCUT2D eigenvalue weighted by Gasteiger charge is 1.99. The summed E-state index contributed by atoms with van der Waals surface area (Å²) >= 11 is 0. The van der Waals surface area contributed by atoms with Gasteiger partial charge in [-0.2, -0.15) is 0 Å². The molecule has 0 aliphatic heterocycles. The van der Waals surface area contributed by atoms with Gasteiger partial charge >= 0.3 is 0 Å². The van der Waals surface area contributed by atoms with E-state index in [4.69, 9.17) is 14.6 Å². The second-order valence-corrected chi connectivity index (χ2v) is 4.52. The third kappa shape index (κ3) is 6.28. The van der Waals surface area contributed by atoms with E-state index < -0.39 is 0 Å². The van der Waals surface area contributed by atoms with E-state index in [2.05, 4.69) is 11.8 Å². The molecule has 3 nitrogen and oxygen atoms in total. The smallest absolute Gasteiger partial charge is 0.119 e. The number of benzene rings is 1. The Bertz CT molecular complexity index is 441. The first kappa shape index (κ1) is 15.6. The van der Waals surface area contributed by atoms with E-state index in [1.54, 1.807) is 0 Å². The van der Waals surface area contributed by atoms with Gasteiger partial charge in [-0.05, 0) is 44.5 Å². The maximum absolute atomic E-state index is 8.68. The summed E-state index contributed by atoms with van der Waals surface area (Å²) < 4.78 is 11.0. The lowest BCUT2D eigenvalue weighted by Gasteiger charge is -2.10. The monoisotopic (exact) mass is 262 g/mol. The van der Waals surface area contributed by atoms with Gasteiger partial charge in [-0.3, -0.25) is 0 Å². The first-order valence-corrected chi connectivity index (χ1v) is 6.58. The van der Waals surface area contributed by atoms with Crippen molar-refractivity contribution in [2.24, 2.45) is 0 Å². The van der Waals surface area contributed by atoms with E-state index in [1.807, 2.05) is 39.0 Å². The molecule has 0 unspecified atom stereocenters. The fourth-order valence-corrected chi connectivity index (χ4v) is 1.52. The molecule has 1 aromatic rings. The molecule has 0 bridgehead atoms. The molecular weight excluding hydrogens is 240 g/mol. The van der Waals surface area contributed by atoms with E-state index in [-0.39, 0.29) is 12.7 Å². The predicted molar refractivity (Wildman–Crippen MR) is 76.3 cm³/mol. The van der Waals surface area contributed by atoms with Gasteiger partial charge in [-0.15, -0.1) is 0 Å². The predicted octanol–water partition coefficient (Wildman–Crippen LogP) is 2.53. The molecule has 19 heavy (non-hydrogen) atoms. The summed E-state index contributed by atoms with van der Waals surface area (Å²) in [6.45, 7) is 7.25. The van der Waals surface area contributed by atoms with E-state index in [0.29, 0.717) is 19.6 Å². The first-order chi connectivity index (χ1) is 9.13. The summed E-state index contributed by atoms with van der Waals surface area (Å²) in [5, 5.41) is 8.68. The second kappa shape index (κ2) is 8.58. The van der Waals surface area contributed by atoms with Gasteiger partial charge < -0.3 is 14.6 Å². The van der Waals surface area contributed by atoms with Crippen LogP contribution in [-0.2, 0) is 4.74 Å². The van der Waals surface area contributed by atoms with Crippen molar-refractivity contribution in [3.63, 3.8) is 0 Å². The molecule has 0 saturated carbocycles. The molecule has 0 amide bonds. The highest BCUT2D eigenvalue weighted by molar-refractivity contribution is 5.44. The average molecular weight is 262 g/mol. The zero-order valence-electron chi connectivity index (χ0n) is 11.9. The highest BCUT2D eigenvalue weighted by Crippen LogP contribution is 2.16. The lowest BCUT2D eigenvalue weighted by Crippen LogP contribution is -2.11. The minimum Gasteiger partial charge on any atom is -0.491 e. The van der Waals surface area contributed by atoms with Crippen molar-refractivity contribution in [3.05, 3.63) is 29.3 Å². The van der Waals surface area contributed by atoms with Crippen molar-refractivity contribution < 1.29 is 14.6 Å².